The Morgan fingerprint density at radius 2 is 1.78 bits per heavy atom. The van der Waals surface area contributed by atoms with E-state index in [9.17, 15) is 18.8 Å². The first-order chi connectivity index (χ1) is 15.3. The minimum Gasteiger partial charge on any atom is -0.420 e. The second-order valence-corrected chi connectivity index (χ2v) is 8.47. The van der Waals surface area contributed by atoms with Gasteiger partial charge in [0.05, 0.1) is 12.2 Å². The lowest BCUT2D eigenvalue weighted by Gasteiger charge is -2.22. The molecule has 1 fully saturated rings. The zero-order chi connectivity index (χ0) is 22.7. The van der Waals surface area contributed by atoms with E-state index >= 15 is 0 Å². The number of hydrogen-bond acceptors (Lipinski definition) is 7. The number of halogens is 1. The molecule has 32 heavy (non-hydrogen) atoms. The Hall–Kier alpha value is -3.50. The molecular formula is C22H18FN3O5S. The molecule has 1 N–H and O–H groups in total. The summed E-state index contributed by atoms with van der Waals surface area (Å²) in [6.07, 6.45) is 0.946. The Morgan fingerprint density at radius 1 is 1.16 bits per heavy atom. The van der Waals surface area contributed by atoms with Gasteiger partial charge in [0.1, 0.15) is 5.37 Å². The molecule has 0 saturated carbocycles. The fourth-order valence-corrected chi connectivity index (χ4v) is 4.19. The predicted octanol–water partition coefficient (Wildman–Crippen LogP) is 3.43. The Balaban J connectivity index is 1.47. The van der Waals surface area contributed by atoms with Crippen LogP contribution in [0.25, 0.3) is 0 Å². The first kappa shape index (κ1) is 21.7. The first-order valence-electron chi connectivity index (χ1n) is 9.60. The summed E-state index contributed by atoms with van der Waals surface area (Å²) in [7, 11) is 0. The summed E-state index contributed by atoms with van der Waals surface area (Å²) in [5.74, 6) is -2.53. The monoisotopic (exact) mass is 455 g/mol. The standard InChI is InChI=1S/C22H18FN3O5S/c1-22(31-20(28)15-10-6-3-7-11-15)30-13-17(32-22)26-12-16(23)18(25-21(26)29)24-19(27)14-8-4-2-5-9-14/h2-12,17H,13H2,1H3,(H,24,25,27,29)/t17-,22-/m1/s1. The number of anilines is 1. The molecular weight excluding hydrogens is 437 g/mol. The van der Waals surface area contributed by atoms with E-state index in [1.165, 1.54) is 0 Å². The van der Waals surface area contributed by atoms with Gasteiger partial charge in [0.25, 0.3) is 11.0 Å². The summed E-state index contributed by atoms with van der Waals surface area (Å²) in [6, 6.07) is 16.6. The van der Waals surface area contributed by atoms with Crippen molar-refractivity contribution >= 4 is 29.5 Å². The van der Waals surface area contributed by atoms with E-state index in [1.54, 1.807) is 67.6 Å². The summed E-state index contributed by atoms with van der Waals surface area (Å²) >= 11 is 1.03. The van der Waals surface area contributed by atoms with Crippen LogP contribution in [0.2, 0.25) is 0 Å². The SMILES string of the molecule is C[C@]1(OC(=O)c2ccccc2)OC[C@H](n2cc(F)c(NC(=O)c3ccccc3)nc2=O)S1. The number of rotatable bonds is 5. The lowest BCUT2D eigenvalue weighted by Crippen LogP contribution is -2.29. The van der Waals surface area contributed by atoms with Crippen LogP contribution in [-0.4, -0.2) is 33.2 Å². The number of hydrogen-bond donors (Lipinski definition) is 1. The summed E-state index contributed by atoms with van der Waals surface area (Å²) in [5, 5.41) is 0.249. The van der Waals surface area contributed by atoms with Gasteiger partial charge in [-0.1, -0.05) is 48.2 Å². The molecule has 0 unspecified atom stereocenters. The van der Waals surface area contributed by atoms with E-state index < -0.39 is 39.7 Å². The normalized spacial score (nSPS) is 20.0. The number of ether oxygens (including phenoxy) is 2. The molecule has 1 saturated heterocycles. The van der Waals surface area contributed by atoms with Crippen LogP contribution < -0.4 is 11.0 Å². The van der Waals surface area contributed by atoms with E-state index in [2.05, 4.69) is 10.3 Å². The second-order valence-electron chi connectivity index (χ2n) is 6.95. The molecule has 1 amide bonds. The molecule has 0 aliphatic carbocycles. The minimum atomic E-state index is -1.37. The third-order valence-electron chi connectivity index (χ3n) is 4.61. The molecule has 3 aromatic rings. The Kier molecular flexibility index (Phi) is 6.06. The molecule has 10 heteroatoms. The van der Waals surface area contributed by atoms with Gasteiger partial charge in [-0.15, -0.1) is 0 Å². The zero-order valence-corrected chi connectivity index (χ0v) is 17.7. The van der Waals surface area contributed by atoms with Crippen molar-refractivity contribution < 1.29 is 23.5 Å². The fourth-order valence-electron chi connectivity index (χ4n) is 3.04. The average Bonchev–Trinajstić information content (AvgIpc) is 3.18. The molecule has 0 spiro atoms. The van der Waals surface area contributed by atoms with Crippen LogP contribution in [0.15, 0.2) is 71.7 Å². The van der Waals surface area contributed by atoms with Crippen LogP contribution in [0.5, 0.6) is 0 Å². The third-order valence-corrected chi connectivity index (χ3v) is 5.88. The number of esters is 1. The number of nitrogens with zero attached hydrogens (tertiary/aromatic N) is 2. The van der Waals surface area contributed by atoms with Gasteiger partial charge in [0.2, 0.25) is 0 Å². The maximum atomic E-state index is 14.6. The molecule has 0 bridgehead atoms. The number of carbonyl (C=O) groups excluding carboxylic acids is 2. The van der Waals surface area contributed by atoms with Crippen molar-refractivity contribution in [2.75, 3.05) is 11.9 Å². The smallest absolute Gasteiger partial charge is 0.350 e. The second kappa shape index (κ2) is 8.93. The summed E-state index contributed by atoms with van der Waals surface area (Å²) in [5.41, 5.74) is -0.132. The maximum absolute atomic E-state index is 14.6. The zero-order valence-electron chi connectivity index (χ0n) is 16.9. The molecule has 2 atom stereocenters. The van der Waals surface area contributed by atoms with Crippen molar-refractivity contribution in [3.05, 3.63) is 94.3 Å². The molecule has 164 valence electrons. The number of benzene rings is 2. The number of aromatic nitrogens is 2. The van der Waals surface area contributed by atoms with E-state index in [0.717, 1.165) is 22.5 Å². The van der Waals surface area contributed by atoms with Gasteiger partial charge in [-0.05, 0) is 24.3 Å². The van der Waals surface area contributed by atoms with Gasteiger partial charge < -0.3 is 14.8 Å². The Bertz CT molecular complexity index is 1210. The van der Waals surface area contributed by atoms with E-state index in [4.69, 9.17) is 9.47 Å². The van der Waals surface area contributed by atoms with Crippen LogP contribution in [-0.2, 0) is 9.47 Å². The largest absolute Gasteiger partial charge is 0.420 e. The van der Waals surface area contributed by atoms with Gasteiger partial charge in [-0.25, -0.2) is 14.0 Å². The van der Waals surface area contributed by atoms with Crippen molar-refractivity contribution in [2.45, 2.75) is 17.4 Å². The quantitative estimate of drug-likeness (QED) is 0.589. The summed E-state index contributed by atoms with van der Waals surface area (Å²) in [6.45, 7) is 1.53. The predicted molar refractivity (Wildman–Crippen MR) is 116 cm³/mol. The lowest BCUT2D eigenvalue weighted by atomic mass is 10.2. The van der Waals surface area contributed by atoms with Crippen LogP contribution in [0, 0.1) is 5.82 Å². The van der Waals surface area contributed by atoms with E-state index in [0.29, 0.717) is 11.1 Å². The molecule has 4 rings (SSSR count). The number of amides is 1. The molecule has 8 nitrogen and oxygen atoms in total. The highest BCUT2D eigenvalue weighted by atomic mass is 32.2. The van der Waals surface area contributed by atoms with Crippen LogP contribution in [0.1, 0.15) is 33.0 Å². The molecule has 0 radical (unpaired) electrons. The number of carbonyl (C=O) groups is 2. The first-order valence-corrected chi connectivity index (χ1v) is 10.5. The van der Waals surface area contributed by atoms with Crippen LogP contribution in [0.3, 0.4) is 0 Å². The maximum Gasteiger partial charge on any atom is 0.350 e. The highest BCUT2D eigenvalue weighted by Crippen LogP contribution is 2.44. The number of thioether (sulfide) groups is 1. The molecule has 1 aromatic heterocycles. The fraction of sp³-hybridized carbons (Fsp3) is 0.182. The van der Waals surface area contributed by atoms with Gasteiger partial charge in [-0.3, -0.25) is 9.36 Å². The van der Waals surface area contributed by atoms with Gasteiger partial charge in [-0.2, -0.15) is 4.98 Å². The average molecular weight is 455 g/mol. The van der Waals surface area contributed by atoms with Gasteiger partial charge >= 0.3 is 11.7 Å². The van der Waals surface area contributed by atoms with Gasteiger partial charge in [0.15, 0.2) is 11.6 Å². The highest BCUT2D eigenvalue weighted by molar-refractivity contribution is 8.00. The lowest BCUT2D eigenvalue weighted by molar-refractivity contribution is -0.114. The van der Waals surface area contributed by atoms with Crippen molar-refractivity contribution in [1.82, 2.24) is 9.55 Å². The van der Waals surface area contributed by atoms with Gasteiger partial charge in [0, 0.05) is 18.7 Å². The van der Waals surface area contributed by atoms with Crippen molar-refractivity contribution in [2.24, 2.45) is 0 Å². The molecule has 2 heterocycles. The van der Waals surface area contributed by atoms with E-state index in [-0.39, 0.29) is 6.61 Å². The molecule has 1 aliphatic rings. The Labute approximate surface area is 186 Å². The Morgan fingerprint density at radius 3 is 2.44 bits per heavy atom. The minimum absolute atomic E-state index is 0.0139. The summed E-state index contributed by atoms with van der Waals surface area (Å²) < 4.78 is 26.7. The molecule has 1 aliphatic heterocycles. The summed E-state index contributed by atoms with van der Waals surface area (Å²) in [4.78, 5) is 40.7. The number of nitrogens with one attached hydrogen (secondary N) is 1. The van der Waals surface area contributed by atoms with Crippen LogP contribution in [0.4, 0.5) is 10.2 Å². The van der Waals surface area contributed by atoms with E-state index in [1.807, 2.05) is 0 Å². The van der Waals surface area contributed by atoms with Crippen LogP contribution >= 0.6 is 11.8 Å². The van der Waals surface area contributed by atoms with Crippen molar-refractivity contribution in [1.29, 1.82) is 0 Å². The molecule has 2 aromatic carbocycles. The van der Waals surface area contributed by atoms with Crippen molar-refractivity contribution in [3.8, 4) is 0 Å². The highest BCUT2D eigenvalue weighted by Gasteiger charge is 2.42. The topological polar surface area (TPSA) is 99.5 Å². The van der Waals surface area contributed by atoms with Crippen molar-refractivity contribution in [3.63, 3.8) is 0 Å². The third kappa shape index (κ3) is 4.71.